The summed E-state index contributed by atoms with van der Waals surface area (Å²) in [6.07, 6.45) is 0.106. The molecule has 0 aliphatic carbocycles. The molecule has 0 saturated heterocycles. The predicted octanol–water partition coefficient (Wildman–Crippen LogP) is 2.25. The molecule has 0 bridgehead atoms. The third kappa shape index (κ3) is 4.25. The van der Waals surface area contributed by atoms with Crippen LogP contribution in [-0.2, 0) is 11.3 Å². The summed E-state index contributed by atoms with van der Waals surface area (Å²) in [5.41, 5.74) is 1.47. The largest absolute Gasteiger partial charge is 0.495 e. The molecule has 1 aromatic rings. The molecule has 0 aliphatic rings. The predicted molar refractivity (Wildman–Crippen MR) is 75.5 cm³/mol. The van der Waals surface area contributed by atoms with Crippen molar-refractivity contribution in [2.75, 3.05) is 13.7 Å². The van der Waals surface area contributed by atoms with Crippen molar-refractivity contribution in [1.82, 2.24) is 4.90 Å². The van der Waals surface area contributed by atoms with Gasteiger partial charge in [0.25, 0.3) is 0 Å². The molecule has 1 atom stereocenters. The fourth-order valence-corrected chi connectivity index (χ4v) is 2.14. The molecule has 0 radical (unpaired) electrons. The molecule has 20 heavy (non-hydrogen) atoms. The van der Waals surface area contributed by atoms with Crippen LogP contribution in [0.25, 0.3) is 0 Å². The Labute approximate surface area is 119 Å². The van der Waals surface area contributed by atoms with Crippen molar-refractivity contribution in [2.45, 2.75) is 32.9 Å². The highest BCUT2D eigenvalue weighted by atomic mass is 16.5. The van der Waals surface area contributed by atoms with Crippen LogP contribution in [0.2, 0.25) is 0 Å². The van der Waals surface area contributed by atoms with E-state index in [1.165, 1.54) is 7.11 Å². The van der Waals surface area contributed by atoms with E-state index in [0.29, 0.717) is 17.9 Å². The minimum absolute atomic E-state index is 0.0508. The molecule has 1 unspecified atom stereocenters. The summed E-state index contributed by atoms with van der Waals surface area (Å²) < 4.78 is 5.11. The van der Waals surface area contributed by atoms with E-state index in [2.05, 4.69) is 11.0 Å². The van der Waals surface area contributed by atoms with Gasteiger partial charge in [-0.3, -0.25) is 9.69 Å². The first-order valence-electron chi connectivity index (χ1n) is 6.54. The second-order valence-electron chi connectivity index (χ2n) is 4.66. The van der Waals surface area contributed by atoms with Crippen molar-refractivity contribution in [3.8, 4) is 11.8 Å². The summed E-state index contributed by atoms with van der Waals surface area (Å²) in [6.45, 7) is 5.26. The van der Waals surface area contributed by atoms with Crippen LogP contribution in [0.15, 0.2) is 18.2 Å². The summed E-state index contributed by atoms with van der Waals surface area (Å²) >= 11 is 0. The van der Waals surface area contributed by atoms with Gasteiger partial charge in [-0.2, -0.15) is 5.26 Å². The van der Waals surface area contributed by atoms with Gasteiger partial charge in [0.2, 0.25) is 0 Å². The molecule has 0 amide bonds. The topological polar surface area (TPSA) is 73.6 Å². The minimum Gasteiger partial charge on any atom is -0.495 e. The lowest BCUT2D eigenvalue weighted by molar-refractivity contribution is -0.138. The number of carboxylic acids is 1. The van der Waals surface area contributed by atoms with Gasteiger partial charge in [0, 0.05) is 12.6 Å². The van der Waals surface area contributed by atoms with E-state index >= 15 is 0 Å². The third-order valence-electron chi connectivity index (χ3n) is 3.27. The number of carbonyl (C=O) groups is 1. The van der Waals surface area contributed by atoms with Gasteiger partial charge in [0.15, 0.2) is 0 Å². The molecule has 0 heterocycles. The summed E-state index contributed by atoms with van der Waals surface area (Å²) in [5, 5.41) is 17.9. The number of rotatable bonds is 7. The summed E-state index contributed by atoms with van der Waals surface area (Å²) in [7, 11) is 1.53. The first-order chi connectivity index (χ1) is 9.51. The van der Waals surface area contributed by atoms with Gasteiger partial charge in [-0.1, -0.05) is 13.0 Å². The Bertz CT molecular complexity index is 508. The number of nitriles is 1. The first kappa shape index (κ1) is 16.0. The first-order valence-corrected chi connectivity index (χ1v) is 6.54. The highest BCUT2D eigenvalue weighted by molar-refractivity contribution is 5.67. The van der Waals surface area contributed by atoms with Gasteiger partial charge in [0.1, 0.15) is 11.8 Å². The lowest BCUT2D eigenvalue weighted by Gasteiger charge is -2.26. The molecule has 1 N–H and O–H groups in total. The van der Waals surface area contributed by atoms with Gasteiger partial charge < -0.3 is 9.84 Å². The van der Waals surface area contributed by atoms with Crippen LogP contribution in [0, 0.1) is 11.3 Å². The van der Waals surface area contributed by atoms with Gasteiger partial charge in [-0.25, -0.2) is 0 Å². The van der Waals surface area contributed by atoms with E-state index in [1.807, 2.05) is 19.9 Å². The average Bonchev–Trinajstić information content (AvgIpc) is 2.43. The van der Waals surface area contributed by atoms with Crippen LogP contribution < -0.4 is 4.74 Å². The number of carboxylic acid groups (broad SMARTS) is 1. The molecule has 0 fully saturated rings. The smallest absolute Gasteiger partial charge is 0.304 e. The van der Waals surface area contributed by atoms with Crippen molar-refractivity contribution in [1.29, 1.82) is 5.26 Å². The number of methoxy groups -OCH3 is 1. The van der Waals surface area contributed by atoms with Gasteiger partial charge in [-0.05, 0) is 31.2 Å². The van der Waals surface area contributed by atoms with Crippen LogP contribution in [0.5, 0.6) is 5.75 Å². The maximum absolute atomic E-state index is 10.8. The molecule has 1 aromatic carbocycles. The maximum atomic E-state index is 10.8. The fraction of sp³-hybridized carbons (Fsp3) is 0.467. The van der Waals surface area contributed by atoms with Crippen LogP contribution in [0.1, 0.15) is 31.4 Å². The Hall–Kier alpha value is -2.06. The number of ether oxygens (including phenoxy) is 1. The third-order valence-corrected chi connectivity index (χ3v) is 3.27. The normalized spacial score (nSPS) is 11.9. The van der Waals surface area contributed by atoms with Crippen LogP contribution in [0.4, 0.5) is 0 Å². The molecular formula is C15H20N2O3. The standard InChI is InChI=1S/C15H20N2O3/c1-4-17(11(2)7-15(18)19)10-12-5-6-14(20-3)13(8-12)9-16/h5-6,8,11H,4,7,10H2,1-3H3,(H,18,19). The molecule has 0 aromatic heterocycles. The summed E-state index contributed by atoms with van der Waals surface area (Å²) in [6, 6.07) is 7.50. The van der Waals surface area contributed by atoms with E-state index in [9.17, 15) is 4.79 Å². The zero-order chi connectivity index (χ0) is 15.1. The van der Waals surface area contributed by atoms with Crippen molar-refractivity contribution >= 4 is 5.97 Å². The molecular weight excluding hydrogens is 256 g/mol. The Morgan fingerprint density at radius 3 is 2.75 bits per heavy atom. The average molecular weight is 276 g/mol. The molecule has 108 valence electrons. The molecule has 0 spiro atoms. The van der Waals surface area contributed by atoms with Gasteiger partial charge in [0.05, 0.1) is 19.1 Å². The van der Waals surface area contributed by atoms with Crippen molar-refractivity contribution < 1.29 is 14.6 Å². The van der Waals surface area contributed by atoms with E-state index in [-0.39, 0.29) is 12.5 Å². The SMILES string of the molecule is CCN(Cc1ccc(OC)c(C#N)c1)C(C)CC(=O)O. The van der Waals surface area contributed by atoms with Crippen LogP contribution in [-0.4, -0.2) is 35.7 Å². The highest BCUT2D eigenvalue weighted by Gasteiger charge is 2.16. The lowest BCUT2D eigenvalue weighted by Crippen LogP contribution is -2.34. The molecule has 5 nitrogen and oxygen atoms in total. The van der Waals surface area contributed by atoms with E-state index < -0.39 is 5.97 Å². The molecule has 5 heteroatoms. The van der Waals surface area contributed by atoms with Crippen LogP contribution in [0.3, 0.4) is 0 Å². The van der Waals surface area contributed by atoms with Crippen LogP contribution >= 0.6 is 0 Å². The molecule has 1 rings (SSSR count). The monoisotopic (exact) mass is 276 g/mol. The van der Waals surface area contributed by atoms with Crippen molar-refractivity contribution in [2.24, 2.45) is 0 Å². The second-order valence-corrected chi connectivity index (χ2v) is 4.66. The molecule has 0 aliphatic heterocycles. The summed E-state index contributed by atoms with van der Waals surface area (Å²) in [5.74, 6) is -0.249. The Morgan fingerprint density at radius 2 is 2.25 bits per heavy atom. The number of hydrogen-bond acceptors (Lipinski definition) is 4. The Balaban J connectivity index is 2.85. The van der Waals surface area contributed by atoms with Gasteiger partial charge in [-0.15, -0.1) is 0 Å². The Morgan fingerprint density at radius 1 is 1.55 bits per heavy atom. The number of nitrogens with zero attached hydrogens (tertiary/aromatic N) is 2. The summed E-state index contributed by atoms with van der Waals surface area (Å²) in [4.78, 5) is 12.8. The van der Waals surface area contributed by atoms with E-state index in [0.717, 1.165) is 12.1 Å². The maximum Gasteiger partial charge on any atom is 0.304 e. The lowest BCUT2D eigenvalue weighted by atomic mass is 10.1. The number of hydrogen-bond donors (Lipinski definition) is 1. The minimum atomic E-state index is -0.802. The second kappa shape index (κ2) is 7.51. The van der Waals surface area contributed by atoms with E-state index in [1.54, 1.807) is 12.1 Å². The van der Waals surface area contributed by atoms with Crippen molar-refractivity contribution in [3.05, 3.63) is 29.3 Å². The zero-order valence-corrected chi connectivity index (χ0v) is 12.1. The molecule has 0 saturated carbocycles. The van der Waals surface area contributed by atoms with E-state index in [4.69, 9.17) is 15.1 Å². The van der Waals surface area contributed by atoms with Crippen molar-refractivity contribution in [3.63, 3.8) is 0 Å². The Kier molecular flexibility index (Phi) is 6.01. The quantitative estimate of drug-likeness (QED) is 0.826. The number of benzene rings is 1. The van der Waals surface area contributed by atoms with Gasteiger partial charge >= 0.3 is 5.97 Å². The number of aliphatic carboxylic acids is 1. The fourth-order valence-electron chi connectivity index (χ4n) is 2.14. The zero-order valence-electron chi connectivity index (χ0n) is 12.1. The highest BCUT2D eigenvalue weighted by Crippen LogP contribution is 2.20.